The van der Waals surface area contributed by atoms with Gasteiger partial charge < -0.3 is 9.84 Å². The minimum atomic E-state index is -0.902. The highest BCUT2D eigenvalue weighted by Crippen LogP contribution is 2.30. The number of ether oxygens (including phenoxy) is 1. The minimum Gasteiger partial charge on any atom is -0.480 e. The largest absolute Gasteiger partial charge is 0.480 e. The molecule has 2 rings (SSSR count). The van der Waals surface area contributed by atoms with E-state index in [0.717, 1.165) is 43.2 Å². The molecule has 1 amide bonds. The molecule has 24 heavy (non-hydrogen) atoms. The predicted molar refractivity (Wildman–Crippen MR) is 95.0 cm³/mol. The van der Waals surface area contributed by atoms with Crippen molar-refractivity contribution in [2.45, 2.75) is 50.4 Å². The van der Waals surface area contributed by atoms with E-state index in [-0.39, 0.29) is 6.61 Å². The van der Waals surface area contributed by atoms with Gasteiger partial charge in [-0.2, -0.15) is 0 Å². The van der Waals surface area contributed by atoms with Gasteiger partial charge in [0.2, 0.25) is 0 Å². The number of aliphatic carboxylic acids is 1. The summed E-state index contributed by atoms with van der Waals surface area (Å²) in [6, 6.07) is 7.03. The number of carboxylic acids is 1. The Balaban J connectivity index is 1.74. The molecule has 1 atom stereocenters. The number of hydrogen-bond acceptors (Lipinski definition) is 4. The summed E-state index contributed by atoms with van der Waals surface area (Å²) >= 11 is 6.78. The number of benzene rings is 1. The van der Waals surface area contributed by atoms with Crippen LogP contribution in [0.5, 0.6) is 0 Å². The number of hydrogen-bond donors (Lipinski definition) is 2. The van der Waals surface area contributed by atoms with Crippen molar-refractivity contribution in [3.05, 3.63) is 34.9 Å². The zero-order valence-electron chi connectivity index (χ0n) is 13.4. The SMILES string of the molecule is O=C(NSC(CC1CCCCC1)C(=O)O)OCc1cccc(Cl)c1. The molecule has 2 N–H and O–H groups in total. The fraction of sp³-hybridized carbons (Fsp3) is 0.529. The van der Waals surface area contributed by atoms with Gasteiger partial charge in [-0.05, 0) is 42.0 Å². The molecule has 0 radical (unpaired) electrons. The quantitative estimate of drug-likeness (QED) is 0.683. The Hall–Kier alpha value is -1.40. The summed E-state index contributed by atoms with van der Waals surface area (Å²) in [6.07, 6.45) is 5.64. The molecular weight excluding hydrogens is 350 g/mol. The summed E-state index contributed by atoms with van der Waals surface area (Å²) in [7, 11) is 0. The maximum absolute atomic E-state index is 11.7. The third-order valence-electron chi connectivity index (χ3n) is 4.09. The molecule has 0 aliphatic heterocycles. The first-order valence-electron chi connectivity index (χ1n) is 8.10. The molecule has 1 unspecified atom stereocenters. The summed E-state index contributed by atoms with van der Waals surface area (Å²) in [4.78, 5) is 23.1. The Morgan fingerprint density at radius 2 is 2.08 bits per heavy atom. The van der Waals surface area contributed by atoms with Gasteiger partial charge in [0.05, 0.1) is 0 Å². The van der Waals surface area contributed by atoms with Crippen molar-refractivity contribution < 1.29 is 19.4 Å². The highest BCUT2D eigenvalue weighted by molar-refractivity contribution is 7.99. The molecule has 1 aromatic carbocycles. The first-order chi connectivity index (χ1) is 11.5. The van der Waals surface area contributed by atoms with E-state index in [9.17, 15) is 14.7 Å². The Labute approximate surface area is 151 Å². The summed E-state index contributed by atoms with van der Waals surface area (Å²) in [5, 5.41) is 9.25. The molecule has 0 spiro atoms. The molecule has 0 saturated heterocycles. The van der Waals surface area contributed by atoms with Gasteiger partial charge in [-0.3, -0.25) is 9.52 Å². The van der Waals surface area contributed by atoms with Crippen molar-refractivity contribution in [3.63, 3.8) is 0 Å². The number of rotatable bonds is 7. The predicted octanol–water partition coefficient (Wildman–Crippen LogP) is 4.64. The van der Waals surface area contributed by atoms with Crippen molar-refractivity contribution in [1.82, 2.24) is 4.72 Å². The lowest BCUT2D eigenvalue weighted by atomic mass is 9.86. The molecule has 1 aliphatic rings. The van der Waals surface area contributed by atoms with Gasteiger partial charge in [0.25, 0.3) is 0 Å². The number of nitrogens with one attached hydrogen (secondary N) is 1. The first kappa shape index (κ1) is 18.9. The van der Waals surface area contributed by atoms with Crippen molar-refractivity contribution in [2.24, 2.45) is 5.92 Å². The maximum atomic E-state index is 11.7. The number of carboxylic acid groups (broad SMARTS) is 1. The molecule has 1 saturated carbocycles. The van der Waals surface area contributed by atoms with Gasteiger partial charge in [-0.15, -0.1) is 0 Å². The topological polar surface area (TPSA) is 75.6 Å². The number of halogens is 1. The van der Waals surface area contributed by atoms with Crippen LogP contribution in [0.3, 0.4) is 0 Å². The van der Waals surface area contributed by atoms with Crippen LogP contribution < -0.4 is 4.72 Å². The van der Waals surface area contributed by atoms with E-state index in [1.54, 1.807) is 24.3 Å². The van der Waals surface area contributed by atoms with Crippen molar-refractivity contribution in [1.29, 1.82) is 0 Å². The van der Waals surface area contributed by atoms with Gasteiger partial charge in [0, 0.05) is 5.02 Å². The fourth-order valence-corrected chi connectivity index (χ4v) is 3.83. The van der Waals surface area contributed by atoms with Crippen LogP contribution in [-0.2, 0) is 16.1 Å². The van der Waals surface area contributed by atoms with Gasteiger partial charge in [-0.25, -0.2) is 4.79 Å². The Bertz CT molecular complexity index is 563. The van der Waals surface area contributed by atoms with Crippen molar-refractivity contribution in [2.75, 3.05) is 0 Å². The average Bonchev–Trinajstić information content (AvgIpc) is 2.57. The monoisotopic (exact) mass is 371 g/mol. The highest BCUT2D eigenvalue weighted by atomic mass is 35.5. The summed E-state index contributed by atoms with van der Waals surface area (Å²) < 4.78 is 7.56. The molecule has 5 nitrogen and oxygen atoms in total. The number of amides is 1. The van der Waals surface area contributed by atoms with Crippen LogP contribution in [0.25, 0.3) is 0 Å². The molecule has 1 aliphatic carbocycles. The third kappa shape index (κ3) is 6.61. The normalized spacial score (nSPS) is 16.4. The second-order valence-corrected chi connectivity index (χ2v) is 7.44. The summed E-state index contributed by atoms with van der Waals surface area (Å²) in [5.41, 5.74) is 0.777. The summed E-state index contributed by atoms with van der Waals surface area (Å²) in [5.74, 6) is -0.475. The third-order valence-corrected chi connectivity index (χ3v) is 5.29. The van der Waals surface area contributed by atoms with Gasteiger partial charge in [-0.1, -0.05) is 55.8 Å². The van der Waals surface area contributed by atoms with Gasteiger partial charge in [0.15, 0.2) is 0 Å². The zero-order valence-corrected chi connectivity index (χ0v) is 14.9. The van der Waals surface area contributed by atoms with E-state index in [2.05, 4.69) is 4.72 Å². The van der Waals surface area contributed by atoms with E-state index in [4.69, 9.17) is 16.3 Å². The van der Waals surface area contributed by atoms with Crippen LogP contribution in [0.15, 0.2) is 24.3 Å². The first-order valence-corrected chi connectivity index (χ1v) is 9.36. The van der Waals surface area contributed by atoms with E-state index in [0.29, 0.717) is 17.4 Å². The second kappa shape index (κ2) is 9.79. The highest BCUT2D eigenvalue weighted by Gasteiger charge is 2.25. The molecule has 1 aromatic rings. The van der Waals surface area contributed by atoms with Gasteiger partial charge in [0.1, 0.15) is 11.9 Å². The van der Waals surface area contributed by atoms with Crippen LogP contribution in [-0.4, -0.2) is 22.4 Å². The number of carbonyl (C=O) groups is 2. The lowest BCUT2D eigenvalue weighted by molar-refractivity contribution is -0.136. The smallest absolute Gasteiger partial charge is 0.417 e. The molecule has 1 fully saturated rings. The lowest BCUT2D eigenvalue weighted by Crippen LogP contribution is -2.28. The van der Waals surface area contributed by atoms with E-state index in [1.807, 2.05) is 0 Å². The van der Waals surface area contributed by atoms with Crippen LogP contribution in [0.1, 0.15) is 44.1 Å². The number of carbonyl (C=O) groups excluding carboxylic acids is 1. The van der Waals surface area contributed by atoms with E-state index in [1.165, 1.54) is 6.42 Å². The van der Waals surface area contributed by atoms with Crippen LogP contribution >= 0.6 is 23.5 Å². The van der Waals surface area contributed by atoms with E-state index < -0.39 is 17.3 Å². The molecule has 0 aromatic heterocycles. The molecule has 0 bridgehead atoms. The molecule has 0 heterocycles. The lowest BCUT2D eigenvalue weighted by Gasteiger charge is -2.24. The molecular formula is C17H22ClNO4S. The Kier molecular flexibility index (Phi) is 7.72. The minimum absolute atomic E-state index is 0.0906. The van der Waals surface area contributed by atoms with Crippen molar-refractivity contribution >= 4 is 35.6 Å². The van der Waals surface area contributed by atoms with Crippen LogP contribution in [0.2, 0.25) is 5.02 Å². The molecule has 7 heteroatoms. The molecule has 132 valence electrons. The standard InChI is InChI=1S/C17H22ClNO4S/c18-14-8-4-7-13(9-14)11-23-17(22)19-24-15(16(20)21)10-12-5-2-1-3-6-12/h4,7-9,12,15H,1-3,5-6,10-11H2,(H,19,22)(H,20,21). The maximum Gasteiger partial charge on any atom is 0.417 e. The van der Waals surface area contributed by atoms with Crippen LogP contribution in [0.4, 0.5) is 4.79 Å². The Morgan fingerprint density at radius 3 is 2.75 bits per heavy atom. The second-order valence-electron chi connectivity index (χ2n) is 5.99. The van der Waals surface area contributed by atoms with Crippen LogP contribution in [0, 0.1) is 5.92 Å². The van der Waals surface area contributed by atoms with Crippen molar-refractivity contribution in [3.8, 4) is 0 Å². The average molecular weight is 372 g/mol. The zero-order chi connectivity index (χ0) is 17.4. The van der Waals surface area contributed by atoms with E-state index >= 15 is 0 Å². The fourth-order valence-electron chi connectivity index (χ4n) is 2.85. The Morgan fingerprint density at radius 1 is 1.33 bits per heavy atom. The van der Waals surface area contributed by atoms with Gasteiger partial charge >= 0.3 is 12.1 Å². The summed E-state index contributed by atoms with van der Waals surface area (Å²) in [6.45, 7) is 0.0906.